The summed E-state index contributed by atoms with van der Waals surface area (Å²) < 4.78 is 10.8. The molecule has 0 heterocycles. The molecule has 0 saturated heterocycles. The Hall–Kier alpha value is -0.653. The average Bonchev–Trinajstić information content (AvgIpc) is 2.05. The first-order chi connectivity index (χ1) is 6.39. The summed E-state index contributed by atoms with van der Waals surface area (Å²) in [5.74, 6) is -0.981. The van der Waals surface area contributed by atoms with E-state index in [-0.39, 0.29) is 0 Å². The van der Waals surface area contributed by atoms with E-state index in [2.05, 4.69) is 19.7 Å². The van der Waals surface area contributed by atoms with E-state index in [9.17, 15) is 4.79 Å². The van der Waals surface area contributed by atoms with Crippen molar-refractivity contribution < 1.29 is 18.8 Å². The maximum Gasteiger partial charge on any atom is 0.331 e. The number of hydrogen-bond donors (Lipinski definition) is 1. The van der Waals surface area contributed by atoms with Crippen LogP contribution in [0.15, 0.2) is 12.7 Å². The lowest BCUT2D eigenvalue weighted by Gasteiger charge is -2.20. The highest BCUT2D eigenvalue weighted by Crippen LogP contribution is 2.04. The summed E-state index contributed by atoms with van der Waals surface area (Å²) in [6.45, 7) is 12.6. The van der Waals surface area contributed by atoms with Gasteiger partial charge in [-0.15, -0.1) is 0 Å². The smallest absolute Gasteiger partial charge is 0.331 e. The number of hydrogen-bond acceptors (Lipinski definition) is 3. The van der Waals surface area contributed by atoms with Crippen LogP contribution in [0.5, 0.6) is 0 Å². The van der Waals surface area contributed by atoms with E-state index in [4.69, 9.17) is 14.0 Å². The van der Waals surface area contributed by atoms with E-state index in [0.29, 0.717) is 0 Å². The molecule has 0 aromatic rings. The van der Waals surface area contributed by atoms with Gasteiger partial charge < -0.3 is 14.0 Å². The standard InChI is InChI=1S/C6H16O2Si.C3H4O2/c1-5-7-9(3,4)8-6-2;1-2-3(4)5/h5-6H2,1-4H3;2H,1H2,(H,4,5). The molecule has 0 amide bonds. The lowest BCUT2D eigenvalue weighted by molar-refractivity contribution is -0.131. The van der Waals surface area contributed by atoms with Crippen LogP contribution >= 0.6 is 0 Å². The minimum Gasteiger partial charge on any atom is -0.478 e. The lowest BCUT2D eigenvalue weighted by atomic mass is 10.7. The Morgan fingerprint density at radius 2 is 1.64 bits per heavy atom. The predicted molar refractivity (Wildman–Crippen MR) is 58.6 cm³/mol. The number of carbonyl (C=O) groups is 1. The van der Waals surface area contributed by atoms with Gasteiger partial charge in [-0.1, -0.05) is 6.58 Å². The SMILES string of the molecule is C=CC(=O)O.CCO[Si](C)(C)OCC. The zero-order chi connectivity index (χ0) is 11.6. The first kappa shape index (κ1) is 15.8. The third-order valence-corrected chi connectivity index (χ3v) is 3.13. The molecule has 84 valence electrons. The molecule has 0 unspecified atom stereocenters. The molecule has 14 heavy (non-hydrogen) atoms. The molecule has 0 aliphatic carbocycles. The lowest BCUT2D eigenvalue weighted by Crippen LogP contribution is -2.34. The van der Waals surface area contributed by atoms with Crippen molar-refractivity contribution in [3.8, 4) is 0 Å². The molecule has 0 atom stereocenters. The highest BCUT2D eigenvalue weighted by atomic mass is 28.4. The minimum absolute atomic E-state index is 0.763. The van der Waals surface area contributed by atoms with Crippen molar-refractivity contribution in [3.63, 3.8) is 0 Å². The summed E-state index contributed by atoms with van der Waals surface area (Å²) in [6, 6.07) is 0. The molecule has 4 nitrogen and oxygen atoms in total. The van der Waals surface area contributed by atoms with Crippen molar-refractivity contribution in [1.29, 1.82) is 0 Å². The molecule has 1 N–H and O–H groups in total. The van der Waals surface area contributed by atoms with Crippen molar-refractivity contribution in [3.05, 3.63) is 12.7 Å². The van der Waals surface area contributed by atoms with Gasteiger partial charge in [0.2, 0.25) is 0 Å². The first-order valence-corrected chi connectivity index (χ1v) is 7.34. The molecule has 0 aromatic carbocycles. The Labute approximate surface area is 86.8 Å². The van der Waals surface area contributed by atoms with Crippen LogP contribution in [0.4, 0.5) is 0 Å². The number of carboxylic acid groups (broad SMARTS) is 1. The van der Waals surface area contributed by atoms with Crippen LogP contribution in [-0.4, -0.2) is 32.9 Å². The molecule has 0 spiro atoms. The fraction of sp³-hybridized carbons (Fsp3) is 0.667. The largest absolute Gasteiger partial charge is 0.478 e. The summed E-state index contributed by atoms with van der Waals surface area (Å²) in [6.07, 6.45) is 0.833. The van der Waals surface area contributed by atoms with E-state index in [1.165, 1.54) is 0 Å². The Bertz CT molecular complexity index is 160. The molecular weight excluding hydrogens is 200 g/mol. The Morgan fingerprint density at radius 3 is 1.79 bits per heavy atom. The summed E-state index contributed by atoms with van der Waals surface area (Å²) in [5.41, 5.74) is 0. The van der Waals surface area contributed by atoms with Gasteiger partial charge in [-0.3, -0.25) is 0 Å². The summed E-state index contributed by atoms with van der Waals surface area (Å²) in [5, 5.41) is 7.60. The predicted octanol–water partition coefficient (Wildman–Crippen LogP) is 2.02. The summed E-state index contributed by atoms with van der Waals surface area (Å²) in [7, 11) is -1.70. The van der Waals surface area contributed by atoms with Gasteiger partial charge in [0.15, 0.2) is 0 Å². The van der Waals surface area contributed by atoms with E-state index in [0.717, 1.165) is 19.3 Å². The van der Waals surface area contributed by atoms with E-state index >= 15 is 0 Å². The number of rotatable bonds is 5. The molecule has 0 aliphatic rings. The molecule has 0 fully saturated rings. The van der Waals surface area contributed by atoms with E-state index < -0.39 is 14.5 Å². The molecule has 5 heteroatoms. The van der Waals surface area contributed by atoms with Crippen LogP contribution in [0.2, 0.25) is 13.1 Å². The second-order valence-electron chi connectivity index (χ2n) is 2.81. The van der Waals surface area contributed by atoms with Crippen LogP contribution in [0.3, 0.4) is 0 Å². The fourth-order valence-electron chi connectivity index (χ4n) is 0.737. The van der Waals surface area contributed by atoms with Crippen molar-refractivity contribution in [2.24, 2.45) is 0 Å². The summed E-state index contributed by atoms with van der Waals surface area (Å²) >= 11 is 0. The monoisotopic (exact) mass is 220 g/mol. The van der Waals surface area contributed by atoms with Gasteiger partial charge in [0, 0.05) is 19.3 Å². The maximum absolute atomic E-state index is 9.25. The maximum atomic E-state index is 9.25. The van der Waals surface area contributed by atoms with Gasteiger partial charge >= 0.3 is 14.5 Å². The average molecular weight is 220 g/mol. The van der Waals surface area contributed by atoms with Crippen molar-refractivity contribution in [1.82, 2.24) is 0 Å². The quantitative estimate of drug-likeness (QED) is 0.569. The third kappa shape index (κ3) is 13.9. The molecule has 0 bridgehead atoms. The Morgan fingerprint density at radius 1 is 1.36 bits per heavy atom. The first-order valence-electron chi connectivity index (χ1n) is 4.52. The second-order valence-corrected chi connectivity index (χ2v) is 6.19. The topological polar surface area (TPSA) is 55.8 Å². The molecule has 0 aromatic heterocycles. The van der Waals surface area contributed by atoms with E-state index in [1.807, 2.05) is 13.8 Å². The number of aliphatic carboxylic acids is 1. The minimum atomic E-state index is -1.70. The van der Waals surface area contributed by atoms with Gasteiger partial charge in [0.25, 0.3) is 0 Å². The Balaban J connectivity index is 0. The van der Waals surface area contributed by atoms with Crippen molar-refractivity contribution in [2.75, 3.05) is 13.2 Å². The molecule has 0 aliphatic heterocycles. The second kappa shape index (κ2) is 8.92. The molecule has 0 rings (SSSR count). The van der Waals surface area contributed by atoms with Crippen molar-refractivity contribution >= 4 is 14.5 Å². The van der Waals surface area contributed by atoms with Crippen LogP contribution in [-0.2, 0) is 13.6 Å². The zero-order valence-electron chi connectivity index (χ0n) is 9.37. The fourth-order valence-corrected chi connectivity index (χ4v) is 2.21. The molecule has 0 radical (unpaired) electrons. The van der Waals surface area contributed by atoms with E-state index in [1.54, 1.807) is 0 Å². The Kier molecular flexibility index (Phi) is 10.1. The molecular formula is C9H20O4Si. The van der Waals surface area contributed by atoms with Crippen LogP contribution in [0.1, 0.15) is 13.8 Å². The van der Waals surface area contributed by atoms with Gasteiger partial charge in [0.1, 0.15) is 0 Å². The molecule has 0 saturated carbocycles. The van der Waals surface area contributed by atoms with Crippen LogP contribution < -0.4 is 0 Å². The van der Waals surface area contributed by atoms with Crippen molar-refractivity contribution in [2.45, 2.75) is 26.9 Å². The van der Waals surface area contributed by atoms with Gasteiger partial charge in [-0.25, -0.2) is 4.79 Å². The van der Waals surface area contributed by atoms with Gasteiger partial charge in [-0.05, 0) is 26.9 Å². The third-order valence-electron chi connectivity index (χ3n) is 1.16. The van der Waals surface area contributed by atoms with Crippen LogP contribution in [0, 0.1) is 0 Å². The number of carboxylic acids is 1. The summed E-state index contributed by atoms with van der Waals surface area (Å²) in [4.78, 5) is 9.25. The van der Waals surface area contributed by atoms with Crippen LogP contribution in [0.25, 0.3) is 0 Å². The van der Waals surface area contributed by atoms with Gasteiger partial charge in [0.05, 0.1) is 0 Å². The highest BCUT2D eigenvalue weighted by molar-refractivity contribution is 6.64. The van der Waals surface area contributed by atoms with Gasteiger partial charge in [-0.2, -0.15) is 0 Å². The normalized spacial score (nSPS) is 10.0. The zero-order valence-corrected chi connectivity index (χ0v) is 10.4. The highest BCUT2D eigenvalue weighted by Gasteiger charge is 2.22.